The molecule has 1 amide bonds. The van der Waals surface area contributed by atoms with Crippen molar-refractivity contribution in [2.45, 2.75) is 31.7 Å². The Bertz CT molecular complexity index is 604. The van der Waals surface area contributed by atoms with E-state index in [1.807, 2.05) is 23.1 Å². The number of hydrogen-bond donors (Lipinski definition) is 2. The summed E-state index contributed by atoms with van der Waals surface area (Å²) in [6.45, 7) is 0.747. The van der Waals surface area contributed by atoms with Crippen molar-refractivity contribution in [2.75, 3.05) is 13.2 Å². The Balaban J connectivity index is 1.83. The van der Waals surface area contributed by atoms with Crippen LogP contribution >= 0.6 is 0 Å². The summed E-state index contributed by atoms with van der Waals surface area (Å²) >= 11 is 0. The molecular formula is C15H19N3O2. The van der Waals surface area contributed by atoms with E-state index in [9.17, 15) is 4.79 Å². The molecule has 1 aliphatic rings. The van der Waals surface area contributed by atoms with Crippen molar-refractivity contribution in [1.82, 2.24) is 15.1 Å². The molecule has 1 aromatic carbocycles. The van der Waals surface area contributed by atoms with Crippen molar-refractivity contribution in [2.24, 2.45) is 0 Å². The number of nitrogens with one attached hydrogen (secondary N) is 1. The molecule has 5 heteroatoms. The first-order valence-electron chi connectivity index (χ1n) is 7.14. The Labute approximate surface area is 117 Å². The molecule has 0 spiro atoms. The molecule has 1 heterocycles. The minimum Gasteiger partial charge on any atom is -0.396 e. The largest absolute Gasteiger partial charge is 0.396 e. The molecule has 3 rings (SSSR count). The summed E-state index contributed by atoms with van der Waals surface area (Å²) < 4.78 is 0. The predicted molar refractivity (Wildman–Crippen MR) is 76.5 cm³/mol. The van der Waals surface area contributed by atoms with Crippen molar-refractivity contribution in [3.8, 4) is 0 Å². The Kier molecular flexibility index (Phi) is 3.69. The van der Waals surface area contributed by atoms with Gasteiger partial charge < -0.3 is 10.0 Å². The van der Waals surface area contributed by atoms with Crippen molar-refractivity contribution in [3.05, 3.63) is 30.0 Å². The fourth-order valence-corrected chi connectivity index (χ4v) is 2.63. The van der Waals surface area contributed by atoms with Crippen LogP contribution in [0.2, 0.25) is 0 Å². The van der Waals surface area contributed by atoms with Crippen LogP contribution in [-0.4, -0.2) is 45.3 Å². The summed E-state index contributed by atoms with van der Waals surface area (Å²) in [7, 11) is 0. The number of aromatic nitrogens is 2. The van der Waals surface area contributed by atoms with Crippen molar-refractivity contribution in [1.29, 1.82) is 0 Å². The Morgan fingerprint density at radius 3 is 3.00 bits per heavy atom. The van der Waals surface area contributed by atoms with E-state index in [-0.39, 0.29) is 12.5 Å². The highest BCUT2D eigenvalue weighted by Crippen LogP contribution is 2.27. The van der Waals surface area contributed by atoms with E-state index in [2.05, 4.69) is 10.2 Å². The van der Waals surface area contributed by atoms with Crippen LogP contribution in [0.1, 0.15) is 36.0 Å². The molecule has 1 aromatic heterocycles. The average molecular weight is 273 g/mol. The Morgan fingerprint density at radius 2 is 2.30 bits per heavy atom. The number of aromatic amines is 1. The third kappa shape index (κ3) is 2.41. The summed E-state index contributed by atoms with van der Waals surface area (Å²) in [4.78, 5) is 14.6. The molecule has 106 valence electrons. The minimum absolute atomic E-state index is 0.0552. The zero-order valence-corrected chi connectivity index (χ0v) is 11.4. The van der Waals surface area contributed by atoms with Crippen molar-refractivity contribution >= 4 is 16.8 Å². The molecule has 0 aliphatic heterocycles. The molecule has 20 heavy (non-hydrogen) atoms. The summed E-state index contributed by atoms with van der Waals surface area (Å²) in [5.41, 5.74) is 1.57. The molecule has 1 fully saturated rings. The second-order valence-corrected chi connectivity index (χ2v) is 5.33. The quantitative estimate of drug-likeness (QED) is 0.874. The van der Waals surface area contributed by atoms with E-state index < -0.39 is 0 Å². The Hall–Kier alpha value is -1.88. The molecule has 0 bridgehead atoms. The fourth-order valence-electron chi connectivity index (χ4n) is 2.63. The normalized spacial score (nSPS) is 15.2. The highest BCUT2D eigenvalue weighted by Gasteiger charge is 2.29. The first-order chi connectivity index (χ1) is 9.79. The van der Waals surface area contributed by atoms with Gasteiger partial charge in [-0.2, -0.15) is 5.10 Å². The van der Waals surface area contributed by atoms with E-state index in [1.54, 1.807) is 6.20 Å². The molecule has 0 saturated heterocycles. The van der Waals surface area contributed by atoms with Crippen LogP contribution in [0.5, 0.6) is 0 Å². The zero-order chi connectivity index (χ0) is 13.9. The van der Waals surface area contributed by atoms with E-state index in [0.29, 0.717) is 24.6 Å². The standard InChI is InChI=1S/C15H19N3O2/c19-8-2-7-18(13-3-1-4-13)15(20)11-5-6-12-10-16-17-14(12)9-11/h5-6,9-10,13,19H,1-4,7-8H2,(H,16,17). The van der Waals surface area contributed by atoms with Gasteiger partial charge in [-0.1, -0.05) is 6.07 Å². The van der Waals surface area contributed by atoms with Gasteiger partial charge in [-0.15, -0.1) is 0 Å². The number of rotatable bonds is 5. The SMILES string of the molecule is O=C(c1ccc2cn[nH]c2c1)N(CCCO)C1CCC1. The minimum atomic E-state index is 0.0552. The molecule has 2 N–H and O–H groups in total. The van der Waals surface area contributed by atoms with Gasteiger partial charge >= 0.3 is 0 Å². The molecule has 0 atom stereocenters. The van der Waals surface area contributed by atoms with Gasteiger partial charge in [-0.3, -0.25) is 9.89 Å². The van der Waals surface area contributed by atoms with Gasteiger partial charge in [0.25, 0.3) is 5.91 Å². The lowest BCUT2D eigenvalue weighted by atomic mass is 9.90. The summed E-state index contributed by atoms with van der Waals surface area (Å²) in [5.74, 6) is 0.0552. The number of aliphatic hydroxyl groups excluding tert-OH is 1. The smallest absolute Gasteiger partial charge is 0.254 e. The van der Waals surface area contributed by atoms with Crippen LogP contribution in [-0.2, 0) is 0 Å². The third-order valence-corrected chi connectivity index (χ3v) is 4.02. The lowest BCUT2D eigenvalue weighted by Gasteiger charge is -2.37. The van der Waals surface area contributed by atoms with E-state index in [1.165, 1.54) is 6.42 Å². The summed E-state index contributed by atoms with van der Waals surface area (Å²) in [5, 5.41) is 16.9. The van der Waals surface area contributed by atoms with Gasteiger partial charge in [0.1, 0.15) is 0 Å². The Morgan fingerprint density at radius 1 is 1.45 bits per heavy atom. The van der Waals surface area contributed by atoms with Gasteiger partial charge in [-0.25, -0.2) is 0 Å². The lowest BCUT2D eigenvalue weighted by Crippen LogP contribution is -2.44. The van der Waals surface area contributed by atoms with Crippen molar-refractivity contribution in [3.63, 3.8) is 0 Å². The predicted octanol–water partition coefficient (Wildman–Crippen LogP) is 1.94. The monoisotopic (exact) mass is 273 g/mol. The number of amides is 1. The van der Waals surface area contributed by atoms with Crippen LogP contribution in [0, 0.1) is 0 Å². The van der Waals surface area contributed by atoms with Crippen LogP contribution < -0.4 is 0 Å². The molecule has 1 aliphatic carbocycles. The fraction of sp³-hybridized carbons (Fsp3) is 0.467. The second kappa shape index (κ2) is 5.63. The molecule has 1 saturated carbocycles. The first kappa shape index (κ1) is 13.1. The highest BCUT2D eigenvalue weighted by molar-refractivity contribution is 5.97. The maximum atomic E-state index is 12.7. The highest BCUT2D eigenvalue weighted by atomic mass is 16.3. The van der Waals surface area contributed by atoms with Crippen LogP contribution in [0.3, 0.4) is 0 Å². The lowest BCUT2D eigenvalue weighted by molar-refractivity contribution is 0.0562. The summed E-state index contributed by atoms with van der Waals surface area (Å²) in [6.07, 6.45) is 5.72. The number of H-pyrrole nitrogens is 1. The molecule has 5 nitrogen and oxygen atoms in total. The molecule has 0 unspecified atom stereocenters. The number of nitrogens with zero attached hydrogens (tertiary/aromatic N) is 2. The van der Waals surface area contributed by atoms with Crippen LogP contribution in [0.4, 0.5) is 0 Å². The van der Waals surface area contributed by atoms with E-state index >= 15 is 0 Å². The summed E-state index contributed by atoms with van der Waals surface area (Å²) in [6, 6.07) is 5.96. The van der Waals surface area contributed by atoms with E-state index in [4.69, 9.17) is 5.11 Å². The number of fused-ring (bicyclic) bond motifs is 1. The van der Waals surface area contributed by atoms with Crippen molar-refractivity contribution < 1.29 is 9.90 Å². The van der Waals surface area contributed by atoms with Gasteiger partial charge in [0.05, 0.1) is 11.7 Å². The maximum Gasteiger partial charge on any atom is 0.254 e. The third-order valence-electron chi connectivity index (χ3n) is 4.02. The number of carbonyl (C=O) groups excluding carboxylic acids is 1. The second-order valence-electron chi connectivity index (χ2n) is 5.33. The zero-order valence-electron chi connectivity index (χ0n) is 11.4. The van der Waals surface area contributed by atoms with Crippen LogP contribution in [0.15, 0.2) is 24.4 Å². The maximum absolute atomic E-state index is 12.7. The van der Waals surface area contributed by atoms with Gasteiger partial charge in [-0.05, 0) is 37.8 Å². The molecule has 0 radical (unpaired) electrons. The number of carbonyl (C=O) groups is 1. The van der Waals surface area contributed by atoms with Crippen LogP contribution in [0.25, 0.3) is 10.9 Å². The topological polar surface area (TPSA) is 69.2 Å². The van der Waals surface area contributed by atoms with Gasteiger partial charge in [0, 0.05) is 30.1 Å². The van der Waals surface area contributed by atoms with Gasteiger partial charge in [0.2, 0.25) is 0 Å². The molecule has 2 aromatic rings. The number of benzene rings is 1. The van der Waals surface area contributed by atoms with E-state index in [0.717, 1.165) is 23.7 Å². The average Bonchev–Trinajstić information content (AvgIpc) is 2.87. The molecular weight excluding hydrogens is 254 g/mol. The van der Waals surface area contributed by atoms with Gasteiger partial charge in [0.15, 0.2) is 0 Å². The number of hydrogen-bond acceptors (Lipinski definition) is 3. The number of aliphatic hydroxyl groups is 1. The first-order valence-corrected chi connectivity index (χ1v) is 7.14.